The summed E-state index contributed by atoms with van der Waals surface area (Å²) in [6, 6.07) is 6.40. The normalized spacial score (nSPS) is 15.6. The highest BCUT2D eigenvalue weighted by Crippen LogP contribution is 2.38. The summed E-state index contributed by atoms with van der Waals surface area (Å²) in [5, 5.41) is 11.1. The summed E-state index contributed by atoms with van der Waals surface area (Å²) in [5.41, 5.74) is -4.93. The van der Waals surface area contributed by atoms with Gasteiger partial charge in [0, 0.05) is 6.54 Å². The zero-order chi connectivity index (χ0) is 23.9. The molecule has 1 aromatic carbocycles. The highest BCUT2D eigenvalue weighted by molar-refractivity contribution is 7.91. The third-order valence-electron chi connectivity index (χ3n) is 4.51. The van der Waals surface area contributed by atoms with Crippen molar-refractivity contribution in [2.24, 2.45) is 0 Å². The molecule has 3 rings (SSSR count). The average Bonchev–Trinajstić information content (AvgIpc) is 2.70. The SMILES string of the molecule is N#Cc1c(C(F)(F)F)cc(C(F)(F)F)nc1NCC(=O)N1CCS(=O)(=O)c2ccccc21. The predicted molar refractivity (Wildman–Crippen MR) is 98.3 cm³/mol. The molecule has 0 unspecified atom stereocenters. The number of halogens is 6. The Bertz CT molecular complexity index is 1220. The van der Waals surface area contributed by atoms with Crippen LogP contribution in [0.25, 0.3) is 0 Å². The summed E-state index contributed by atoms with van der Waals surface area (Å²) in [6.07, 6.45) is -10.5. The van der Waals surface area contributed by atoms with Crippen molar-refractivity contribution in [2.75, 3.05) is 29.1 Å². The fraction of sp³-hybridized carbons (Fsp3) is 0.278. The molecule has 170 valence electrons. The van der Waals surface area contributed by atoms with Crippen molar-refractivity contribution >= 4 is 27.2 Å². The van der Waals surface area contributed by atoms with Crippen molar-refractivity contribution in [2.45, 2.75) is 17.2 Å². The molecular weight excluding hydrogens is 466 g/mol. The van der Waals surface area contributed by atoms with Crippen LogP contribution in [0.4, 0.5) is 37.8 Å². The molecule has 0 radical (unpaired) electrons. The monoisotopic (exact) mass is 478 g/mol. The third kappa shape index (κ3) is 4.47. The number of amides is 1. The molecule has 32 heavy (non-hydrogen) atoms. The Kier molecular flexibility index (Phi) is 5.81. The Hall–Kier alpha value is -3.34. The van der Waals surface area contributed by atoms with Gasteiger partial charge in [-0.2, -0.15) is 31.6 Å². The fourth-order valence-electron chi connectivity index (χ4n) is 3.05. The minimum Gasteiger partial charge on any atom is -0.360 e. The number of nitrogens with zero attached hydrogens (tertiary/aromatic N) is 3. The van der Waals surface area contributed by atoms with Crippen molar-refractivity contribution in [1.82, 2.24) is 4.98 Å². The molecule has 0 saturated carbocycles. The van der Waals surface area contributed by atoms with Gasteiger partial charge in [0.15, 0.2) is 9.84 Å². The Morgan fingerprint density at radius 3 is 2.41 bits per heavy atom. The maximum absolute atomic E-state index is 13.2. The number of para-hydroxylation sites is 1. The van der Waals surface area contributed by atoms with Crippen LogP contribution in [0.2, 0.25) is 0 Å². The molecule has 0 saturated heterocycles. The number of carbonyl (C=O) groups is 1. The summed E-state index contributed by atoms with van der Waals surface area (Å²) in [7, 11) is -3.65. The van der Waals surface area contributed by atoms with Crippen molar-refractivity contribution < 1.29 is 39.6 Å². The average molecular weight is 478 g/mol. The van der Waals surface area contributed by atoms with Gasteiger partial charge in [0.25, 0.3) is 0 Å². The van der Waals surface area contributed by atoms with Crippen LogP contribution in [0.15, 0.2) is 35.2 Å². The molecule has 0 bridgehead atoms. The molecule has 14 heteroatoms. The number of hydrogen-bond acceptors (Lipinski definition) is 6. The number of anilines is 2. The largest absolute Gasteiger partial charge is 0.433 e. The molecule has 0 aliphatic carbocycles. The lowest BCUT2D eigenvalue weighted by atomic mass is 10.1. The zero-order valence-electron chi connectivity index (χ0n) is 15.8. The van der Waals surface area contributed by atoms with E-state index in [1.54, 1.807) is 0 Å². The minimum atomic E-state index is -5.28. The predicted octanol–water partition coefficient (Wildman–Crippen LogP) is 3.22. The van der Waals surface area contributed by atoms with Crippen LogP contribution >= 0.6 is 0 Å². The maximum atomic E-state index is 13.2. The van der Waals surface area contributed by atoms with Gasteiger partial charge in [-0.15, -0.1) is 0 Å². The van der Waals surface area contributed by atoms with Crippen molar-refractivity contribution in [3.63, 3.8) is 0 Å². The molecule has 1 aromatic heterocycles. The second kappa shape index (κ2) is 7.97. The van der Waals surface area contributed by atoms with Gasteiger partial charge in [-0.3, -0.25) is 4.79 Å². The number of alkyl halides is 6. The lowest BCUT2D eigenvalue weighted by Gasteiger charge is -2.29. The van der Waals surface area contributed by atoms with E-state index in [0.29, 0.717) is 0 Å². The van der Waals surface area contributed by atoms with Gasteiger partial charge in [-0.1, -0.05) is 12.1 Å². The molecule has 0 spiro atoms. The number of benzene rings is 1. The fourth-order valence-corrected chi connectivity index (χ4v) is 4.48. The summed E-state index contributed by atoms with van der Waals surface area (Å²) in [5.74, 6) is -2.33. The van der Waals surface area contributed by atoms with Crippen LogP contribution in [0, 0.1) is 11.3 Å². The van der Waals surface area contributed by atoms with E-state index >= 15 is 0 Å². The molecule has 1 N–H and O–H groups in total. The highest BCUT2D eigenvalue weighted by Gasteiger charge is 2.41. The van der Waals surface area contributed by atoms with Crippen LogP contribution < -0.4 is 10.2 Å². The first kappa shape index (κ1) is 23.3. The van der Waals surface area contributed by atoms with E-state index in [4.69, 9.17) is 5.26 Å². The number of fused-ring (bicyclic) bond motifs is 1. The van der Waals surface area contributed by atoms with Crippen LogP contribution in [-0.2, 0) is 27.0 Å². The number of nitriles is 1. The number of pyridine rings is 1. The molecule has 0 atom stereocenters. The van der Waals surface area contributed by atoms with Gasteiger partial charge in [0.05, 0.1) is 28.4 Å². The Morgan fingerprint density at radius 1 is 1.16 bits per heavy atom. The van der Waals surface area contributed by atoms with E-state index in [0.717, 1.165) is 11.0 Å². The Balaban J connectivity index is 1.95. The van der Waals surface area contributed by atoms with Gasteiger partial charge < -0.3 is 10.2 Å². The second-order valence-corrected chi connectivity index (χ2v) is 8.65. The number of sulfone groups is 1. The van der Waals surface area contributed by atoms with Gasteiger partial charge in [0.1, 0.15) is 23.1 Å². The van der Waals surface area contributed by atoms with Gasteiger partial charge in [-0.05, 0) is 18.2 Å². The molecular formula is C18H12F6N4O3S. The van der Waals surface area contributed by atoms with E-state index in [-0.39, 0.29) is 23.2 Å². The smallest absolute Gasteiger partial charge is 0.360 e. The summed E-state index contributed by atoms with van der Waals surface area (Å²) in [4.78, 5) is 16.6. The van der Waals surface area contributed by atoms with E-state index in [2.05, 4.69) is 10.3 Å². The quantitative estimate of drug-likeness (QED) is 0.680. The number of nitrogens with one attached hydrogen (secondary N) is 1. The summed E-state index contributed by atoms with van der Waals surface area (Å²) >= 11 is 0. The summed E-state index contributed by atoms with van der Waals surface area (Å²) in [6.45, 7) is -1.11. The van der Waals surface area contributed by atoms with Gasteiger partial charge >= 0.3 is 12.4 Å². The summed E-state index contributed by atoms with van der Waals surface area (Å²) < 4.78 is 103. The maximum Gasteiger partial charge on any atom is 0.433 e. The van der Waals surface area contributed by atoms with Crippen LogP contribution in [-0.4, -0.2) is 38.2 Å². The second-order valence-electron chi connectivity index (χ2n) is 6.57. The Labute approximate surface area is 177 Å². The molecule has 1 aliphatic rings. The van der Waals surface area contributed by atoms with Gasteiger partial charge in [0.2, 0.25) is 5.91 Å². The van der Waals surface area contributed by atoms with Crippen LogP contribution in [0.3, 0.4) is 0 Å². The minimum absolute atomic E-state index is 0.0269. The van der Waals surface area contributed by atoms with E-state index in [1.807, 2.05) is 0 Å². The standard InChI is InChI=1S/C18H12F6N4O3S/c19-17(20,21)11-7-14(18(22,23)24)27-16(10(11)8-25)26-9-15(29)28-5-6-32(30,31)13-4-2-1-3-12(13)28/h1-4,7H,5-6,9H2,(H,26,27). The van der Waals surface area contributed by atoms with E-state index in [9.17, 15) is 39.6 Å². The van der Waals surface area contributed by atoms with Crippen molar-refractivity contribution in [3.8, 4) is 6.07 Å². The number of rotatable bonds is 3. The topological polar surface area (TPSA) is 103 Å². The molecule has 7 nitrogen and oxygen atoms in total. The molecule has 1 amide bonds. The number of carbonyl (C=O) groups excluding carboxylic acids is 1. The van der Waals surface area contributed by atoms with Gasteiger partial charge in [-0.25, -0.2) is 13.4 Å². The van der Waals surface area contributed by atoms with Crippen molar-refractivity contribution in [3.05, 3.63) is 47.2 Å². The first-order chi connectivity index (χ1) is 14.8. The lowest BCUT2D eigenvalue weighted by molar-refractivity contribution is -0.145. The lowest BCUT2D eigenvalue weighted by Crippen LogP contribution is -2.42. The Morgan fingerprint density at radius 2 is 1.81 bits per heavy atom. The first-order valence-corrected chi connectivity index (χ1v) is 10.4. The molecule has 2 heterocycles. The van der Waals surface area contributed by atoms with Crippen LogP contribution in [0.5, 0.6) is 0 Å². The molecule has 0 fully saturated rings. The van der Waals surface area contributed by atoms with E-state index < -0.39 is 63.0 Å². The van der Waals surface area contributed by atoms with Crippen LogP contribution in [0.1, 0.15) is 16.8 Å². The molecule has 2 aromatic rings. The first-order valence-electron chi connectivity index (χ1n) is 8.71. The van der Waals surface area contributed by atoms with E-state index in [1.165, 1.54) is 24.3 Å². The van der Waals surface area contributed by atoms with Crippen molar-refractivity contribution in [1.29, 1.82) is 5.26 Å². The highest BCUT2D eigenvalue weighted by atomic mass is 32.2. The third-order valence-corrected chi connectivity index (χ3v) is 6.25. The number of hydrogen-bond donors (Lipinski definition) is 1. The zero-order valence-corrected chi connectivity index (χ0v) is 16.6. The number of aromatic nitrogens is 1. The molecule has 1 aliphatic heterocycles.